The van der Waals surface area contributed by atoms with E-state index in [0.29, 0.717) is 0 Å². The molecule has 376 valence electrons. The Hall–Kier alpha value is -7.52. The minimum Gasteiger partial charge on any atom is -0.309 e. The van der Waals surface area contributed by atoms with Gasteiger partial charge in [0, 0.05) is 83.5 Å². The number of fused-ring (bicyclic) bond motifs is 10. The molecule has 0 amide bonds. The lowest BCUT2D eigenvalue weighted by molar-refractivity contribution is 0.591. The Labute approximate surface area is 473 Å². The van der Waals surface area contributed by atoms with E-state index in [1.807, 2.05) is 45.3 Å². The van der Waals surface area contributed by atoms with Crippen LogP contribution < -0.4 is 24.8 Å². The number of anilines is 6. The smallest absolute Gasteiger partial charge is 0.277 e. The van der Waals surface area contributed by atoms with E-state index in [1.54, 1.807) is 0 Å². The number of nitrogens with zero attached hydrogens (tertiary/aromatic N) is 2. The highest BCUT2D eigenvalue weighted by atomic mass is 32.1. The van der Waals surface area contributed by atoms with Crippen LogP contribution in [0.3, 0.4) is 0 Å². The Morgan fingerprint density at radius 1 is 0.359 bits per heavy atom. The summed E-state index contributed by atoms with van der Waals surface area (Å²) < 4.78 is 8.01. The maximum atomic E-state index is 2.71. The first-order chi connectivity index (χ1) is 37.9. The number of rotatable bonds is 6. The van der Waals surface area contributed by atoms with Gasteiger partial charge in [0.2, 0.25) is 0 Å². The molecule has 78 heavy (non-hydrogen) atoms. The minimum atomic E-state index is -0.0473. The summed E-state index contributed by atoms with van der Waals surface area (Å²) in [6.45, 7) is 16.4. The van der Waals surface area contributed by atoms with Crippen LogP contribution in [0.2, 0.25) is 0 Å². The molecule has 0 unspecified atom stereocenters. The zero-order valence-electron chi connectivity index (χ0n) is 44.7. The molecule has 7 heteroatoms. The maximum Gasteiger partial charge on any atom is 0.277 e. The van der Waals surface area contributed by atoms with Gasteiger partial charge in [-0.3, -0.25) is 0 Å². The Morgan fingerprint density at radius 3 is 1.22 bits per heavy atom. The molecule has 0 spiro atoms. The second-order valence-corrected chi connectivity index (χ2v) is 27.3. The fraction of sp³-hybridized carbons (Fsp3) is 0.127. The average Bonchev–Trinajstić information content (AvgIpc) is 4.31. The monoisotopic (exact) mass is 1070 g/mol. The third-order valence-corrected chi connectivity index (χ3v) is 20.7. The van der Waals surface area contributed by atoms with Crippen LogP contribution in [-0.4, -0.2) is 6.71 Å². The molecule has 4 aromatic heterocycles. The fourth-order valence-corrected chi connectivity index (χ4v) is 17.0. The second kappa shape index (κ2) is 17.8. The number of aryl methyl sites for hydroxylation is 1. The van der Waals surface area contributed by atoms with Gasteiger partial charge in [0.05, 0.1) is 22.7 Å². The number of thiophene rings is 4. The summed E-state index contributed by atoms with van der Waals surface area (Å²) in [5, 5.41) is 9.91. The summed E-state index contributed by atoms with van der Waals surface area (Å²) in [6, 6.07) is 74.1. The lowest BCUT2D eigenvalue weighted by Gasteiger charge is -2.43. The Kier molecular flexibility index (Phi) is 10.9. The molecule has 0 atom stereocenters. The molecule has 0 aliphatic carbocycles. The lowest BCUT2D eigenvalue weighted by Crippen LogP contribution is -2.59. The molecule has 15 rings (SSSR count). The van der Waals surface area contributed by atoms with Crippen molar-refractivity contribution in [2.24, 2.45) is 0 Å². The predicted molar refractivity (Wildman–Crippen MR) is 346 cm³/mol. The highest BCUT2D eigenvalue weighted by Crippen LogP contribution is 2.55. The summed E-state index contributed by atoms with van der Waals surface area (Å²) in [4.78, 5) is 5.42. The molecule has 0 fully saturated rings. The van der Waals surface area contributed by atoms with Crippen LogP contribution in [0.25, 0.3) is 84.9 Å². The van der Waals surface area contributed by atoms with Crippen molar-refractivity contribution in [3.05, 3.63) is 222 Å². The highest BCUT2D eigenvalue weighted by Gasteiger charge is 2.48. The van der Waals surface area contributed by atoms with Gasteiger partial charge >= 0.3 is 0 Å². The fourth-order valence-electron chi connectivity index (χ4n) is 12.4. The molecule has 0 saturated carbocycles. The van der Waals surface area contributed by atoms with E-state index in [1.165, 1.54) is 151 Å². The van der Waals surface area contributed by atoms with Gasteiger partial charge in [-0.2, -0.15) is 0 Å². The molecular formula is C71H55BN2S4. The third kappa shape index (κ3) is 7.46. The van der Waals surface area contributed by atoms with Gasteiger partial charge in [0.25, 0.3) is 6.71 Å². The van der Waals surface area contributed by atoms with Gasteiger partial charge in [-0.25, -0.2) is 0 Å². The average molecular weight is 1080 g/mol. The molecule has 9 aromatic carbocycles. The SMILES string of the molecule is Cc1cc2c3c(c1)N(c1cc(-c4csc5ccccc45)ccc1-c1ccccc1)c1c(sc4ccc(C(C)(C)C)cc14)B3c1sc3ccc(C(C)(C)C)cc3c1N2c1cc(-c2csc3ccccc23)ccc1-c1ccccc1. The third-order valence-electron chi connectivity index (χ3n) is 16.4. The number of benzene rings is 9. The van der Waals surface area contributed by atoms with E-state index in [-0.39, 0.29) is 17.5 Å². The van der Waals surface area contributed by atoms with Gasteiger partial charge in [-0.15, -0.1) is 45.3 Å². The van der Waals surface area contributed by atoms with E-state index >= 15 is 0 Å². The van der Waals surface area contributed by atoms with E-state index in [4.69, 9.17) is 0 Å². The van der Waals surface area contributed by atoms with E-state index < -0.39 is 0 Å². The quantitative estimate of drug-likeness (QED) is 0.153. The van der Waals surface area contributed by atoms with Crippen molar-refractivity contribution in [2.75, 3.05) is 9.80 Å². The zero-order chi connectivity index (χ0) is 52.8. The van der Waals surface area contributed by atoms with Gasteiger partial charge in [0.15, 0.2) is 0 Å². The Morgan fingerprint density at radius 2 is 0.782 bits per heavy atom. The molecule has 0 saturated heterocycles. The summed E-state index contributed by atoms with van der Waals surface area (Å²) in [7, 11) is 0. The van der Waals surface area contributed by atoms with Crippen molar-refractivity contribution in [3.8, 4) is 44.5 Å². The lowest BCUT2D eigenvalue weighted by atomic mass is 9.39. The van der Waals surface area contributed by atoms with Crippen molar-refractivity contribution in [3.63, 3.8) is 0 Å². The molecule has 0 bridgehead atoms. The number of hydrogen-bond donors (Lipinski definition) is 0. The molecule has 0 N–H and O–H groups in total. The largest absolute Gasteiger partial charge is 0.309 e. The minimum absolute atomic E-state index is 0.0209. The molecule has 0 radical (unpaired) electrons. The van der Waals surface area contributed by atoms with Gasteiger partial charge in [-0.1, -0.05) is 175 Å². The van der Waals surface area contributed by atoms with Gasteiger partial charge < -0.3 is 9.80 Å². The van der Waals surface area contributed by atoms with Crippen LogP contribution in [-0.2, 0) is 10.8 Å². The van der Waals surface area contributed by atoms with E-state index in [0.717, 1.165) is 0 Å². The summed E-state index contributed by atoms with van der Waals surface area (Å²) in [6.07, 6.45) is 0. The Bertz CT molecular complexity index is 4270. The van der Waals surface area contributed by atoms with Crippen molar-refractivity contribution in [1.82, 2.24) is 0 Å². The van der Waals surface area contributed by atoms with Crippen molar-refractivity contribution in [2.45, 2.75) is 59.3 Å². The van der Waals surface area contributed by atoms with Crippen LogP contribution in [0.15, 0.2) is 205 Å². The molecule has 2 aliphatic rings. The summed E-state index contributed by atoms with van der Waals surface area (Å²) in [5.41, 5.74) is 22.4. The van der Waals surface area contributed by atoms with Gasteiger partial charge in [0.1, 0.15) is 0 Å². The summed E-state index contributed by atoms with van der Waals surface area (Å²) >= 11 is 7.65. The first-order valence-electron chi connectivity index (χ1n) is 27.1. The van der Waals surface area contributed by atoms with E-state index in [9.17, 15) is 0 Å². The molecule has 6 heterocycles. The highest BCUT2D eigenvalue weighted by molar-refractivity contribution is 7.40. The Balaban J connectivity index is 1.09. The maximum absolute atomic E-state index is 2.71. The van der Waals surface area contributed by atoms with Crippen molar-refractivity contribution in [1.29, 1.82) is 0 Å². The first kappa shape index (κ1) is 47.7. The van der Waals surface area contributed by atoms with E-state index in [2.05, 4.69) is 263 Å². The van der Waals surface area contributed by atoms with Crippen molar-refractivity contribution >= 4 is 142 Å². The van der Waals surface area contributed by atoms with Crippen LogP contribution in [0.5, 0.6) is 0 Å². The standard InChI is InChI=1S/C71H55BN2S4/c1-42-34-59-65-60(35-42)74(58-37-46(27-31-50(58)44-20-12-9-13-21-44)56-41-76-62-25-17-15-23-52(56)62)67-54-39-48(71(5,6)7)29-33-64(54)78-69(67)72(65)68-66(53-38-47(70(2,3)4)28-32-63(53)77-68)73(59)57-36-45(26-30-49(57)43-18-10-8-11-19-43)55-40-75-61-24-16-14-22-51(55)61/h8-41H,1-7H3. The van der Waals surface area contributed by atoms with Crippen LogP contribution in [0, 0.1) is 6.92 Å². The first-order valence-corrected chi connectivity index (χ1v) is 30.5. The normalized spacial score (nSPS) is 13.2. The molecular weight excluding hydrogens is 1020 g/mol. The molecule has 2 nitrogen and oxygen atoms in total. The molecule has 13 aromatic rings. The zero-order valence-corrected chi connectivity index (χ0v) is 48.0. The van der Waals surface area contributed by atoms with Crippen LogP contribution >= 0.6 is 45.3 Å². The van der Waals surface area contributed by atoms with Crippen molar-refractivity contribution < 1.29 is 0 Å². The molecule has 2 aliphatic heterocycles. The van der Waals surface area contributed by atoms with Crippen LogP contribution in [0.1, 0.15) is 58.2 Å². The second-order valence-electron chi connectivity index (χ2n) is 23.4. The van der Waals surface area contributed by atoms with Gasteiger partial charge in [-0.05, 0) is 134 Å². The predicted octanol–water partition coefficient (Wildman–Crippen LogP) is 20.2. The van der Waals surface area contributed by atoms with Crippen LogP contribution in [0.4, 0.5) is 34.1 Å². The number of hydrogen-bond acceptors (Lipinski definition) is 6. The summed E-state index contributed by atoms with van der Waals surface area (Å²) in [5.74, 6) is 0. The topological polar surface area (TPSA) is 6.48 Å².